The first kappa shape index (κ1) is 21.2. The van der Waals surface area contributed by atoms with Gasteiger partial charge in [-0.15, -0.1) is 11.8 Å². The van der Waals surface area contributed by atoms with E-state index in [-0.39, 0.29) is 34.6 Å². The summed E-state index contributed by atoms with van der Waals surface area (Å²) in [6.07, 6.45) is 0.171. The second kappa shape index (κ2) is 9.80. The molecule has 1 heterocycles. The molecule has 5 nitrogen and oxygen atoms in total. The van der Waals surface area contributed by atoms with Crippen molar-refractivity contribution >= 4 is 45.2 Å². The van der Waals surface area contributed by atoms with Crippen LogP contribution >= 0.6 is 23.1 Å². The molecule has 3 rings (SSSR count). The molecule has 3 aromatic rings. The summed E-state index contributed by atoms with van der Waals surface area (Å²) < 4.78 is 34.4. The third kappa shape index (κ3) is 5.51. The molecule has 0 atom stereocenters. The Morgan fingerprint density at radius 3 is 2.69 bits per heavy atom. The second-order valence-corrected chi connectivity index (χ2v) is 8.10. The zero-order valence-corrected chi connectivity index (χ0v) is 17.2. The van der Waals surface area contributed by atoms with E-state index in [9.17, 15) is 18.4 Å². The highest BCUT2D eigenvalue weighted by Gasteiger charge is 2.16. The van der Waals surface area contributed by atoms with Gasteiger partial charge in [0.15, 0.2) is 10.6 Å². The monoisotopic (exact) mass is 436 g/mol. The fraction of sp³-hybridized carbons (Fsp3) is 0.250. The van der Waals surface area contributed by atoms with Crippen molar-refractivity contribution < 1.29 is 23.1 Å². The number of hydrogen-bond acceptors (Lipinski definition) is 5. The predicted octanol–water partition coefficient (Wildman–Crippen LogP) is 4.15. The maximum atomic E-state index is 14.3. The lowest BCUT2D eigenvalue weighted by molar-refractivity contribution is -0.143. The van der Waals surface area contributed by atoms with E-state index in [1.165, 1.54) is 16.3 Å². The van der Waals surface area contributed by atoms with Crippen LogP contribution in [0.25, 0.3) is 10.2 Å². The molecule has 0 fully saturated rings. The lowest BCUT2D eigenvalue weighted by Gasteiger charge is -2.06. The van der Waals surface area contributed by atoms with Gasteiger partial charge in [-0.25, -0.2) is 8.78 Å². The minimum absolute atomic E-state index is 0.0228. The van der Waals surface area contributed by atoms with E-state index >= 15 is 0 Å². The molecule has 0 unspecified atom stereocenters. The van der Waals surface area contributed by atoms with Gasteiger partial charge in [-0.3, -0.25) is 9.59 Å². The van der Waals surface area contributed by atoms with Crippen molar-refractivity contribution in [3.05, 3.63) is 58.9 Å². The highest BCUT2D eigenvalue weighted by Crippen LogP contribution is 2.23. The number of rotatable bonds is 7. The van der Waals surface area contributed by atoms with E-state index in [1.807, 2.05) is 30.3 Å². The van der Waals surface area contributed by atoms with Crippen molar-refractivity contribution in [2.24, 2.45) is 4.99 Å². The molecule has 9 heteroatoms. The number of carbonyl (C=O) groups is 2. The number of carbonyl (C=O) groups excluding carboxylic acids is 2. The van der Waals surface area contributed by atoms with Crippen LogP contribution in [-0.4, -0.2) is 28.8 Å². The van der Waals surface area contributed by atoms with Crippen LogP contribution in [0, 0.1) is 11.6 Å². The van der Waals surface area contributed by atoms with Gasteiger partial charge in [0.05, 0.1) is 16.8 Å². The fourth-order valence-electron chi connectivity index (χ4n) is 2.63. The molecule has 1 aromatic heterocycles. The largest absolute Gasteiger partial charge is 0.465 e. The van der Waals surface area contributed by atoms with Gasteiger partial charge in [-0.1, -0.05) is 29.5 Å². The Hall–Kier alpha value is -2.52. The molecule has 0 aliphatic carbocycles. The number of nitrogens with zero attached hydrogens (tertiary/aromatic N) is 2. The minimum atomic E-state index is -0.825. The summed E-state index contributed by atoms with van der Waals surface area (Å²) in [5, 5.41) is 0. The Balaban J connectivity index is 1.86. The maximum Gasteiger partial charge on any atom is 0.326 e. The highest BCUT2D eigenvalue weighted by molar-refractivity contribution is 7.99. The number of hydrogen-bond donors (Lipinski definition) is 0. The molecule has 0 spiro atoms. The number of benzene rings is 2. The van der Waals surface area contributed by atoms with E-state index < -0.39 is 23.5 Å². The molecule has 29 heavy (non-hydrogen) atoms. The molecule has 152 valence electrons. The first-order valence-corrected chi connectivity index (χ1v) is 10.7. The smallest absolute Gasteiger partial charge is 0.326 e. The summed E-state index contributed by atoms with van der Waals surface area (Å²) in [6.45, 7) is 1.51. The lowest BCUT2D eigenvalue weighted by Crippen LogP contribution is -2.23. The summed E-state index contributed by atoms with van der Waals surface area (Å²) in [6, 6.07) is 11.5. The minimum Gasteiger partial charge on any atom is -0.465 e. The van der Waals surface area contributed by atoms with Crippen LogP contribution in [0.5, 0.6) is 0 Å². The first-order chi connectivity index (χ1) is 14.0. The van der Waals surface area contributed by atoms with Crippen molar-refractivity contribution in [3.63, 3.8) is 0 Å². The summed E-state index contributed by atoms with van der Waals surface area (Å²) in [4.78, 5) is 29.5. The number of halogens is 2. The summed E-state index contributed by atoms with van der Waals surface area (Å²) in [5.41, 5.74) is 0.0228. The first-order valence-electron chi connectivity index (χ1n) is 8.87. The van der Waals surface area contributed by atoms with Crippen LogP contribution in [-0.2, 0) is 20.9 Å². The number of aromatic nitrogens is 1. The Morgan fingerprint density at radius 1 is 1.21 bits per heavy atom. The van der Waals surface area contributed by atoms with Crippen LogP contribution in [0.2, 0.25) is 0 Å². The topological polar surface area (TPSA) is 60.7 Å². The zero-order chi connectivity index (χ0) is 20.8. The van der Waals surface area contributed by atoms with Crippen LogP contribution in [0.4, 0.5) is 8.78 Å². The Bertz CT molecular complexity index is 1090. The number of thiazole rings is 1. The Morgan fingerprint density at radius 2 is 1.97 bits per heavy atom. The molecule has 0 N–H and O–H groups in total. The Labute approximate surface area is 174 Å². The fourth-order valence-corrected chi connectivity index (χ4v) is 4.58. The van der Waals surface area contributed by atoms with E-state index in [1.54, 1.807) is 6.92 Å². The summed E-state index contributed by atoms with van der Waals surface area (Å²) in [5.74, 6) is -2.04. The molecule has 0 aliphatic heterocycles. The van der Waals surface area contributed by atoms with Crippen molar-refractivity contribution in [1.29, 1.82) is 0 Å². The molecular weight excluding hydrogens is 418 g/mol. The van der Waals surface area contributed by atoms with Gasteiger partial charge in [0, 0.05) is 23.1 Å². The van der Waals surface area contributed by atoms with Crippen LogP contribution in [0.15, 0.2) is 52.4 Å². The van der Waals surface area contributed by atoms with Gasteiger partial charge < -0.3 is 9.30 Å². The molecule has 0 saturated carbocycles. The number of esters is 1. The van der Waals surface area contributed by atoms with Crippen LogP contribution < -0.4 is 4.80 Å². The molecule has 1 amide bonds. The van der Waals surface area contributed by atoms with E-state index in [2.05, 4.69) is 4.99 Å². The highest BCUT2D eigenvalue weighted by atomic mass is 32.2. The molecule has 0 saturated heterocycles. The van der Waals surface area contributed by atoms with Gasteiger partial charge in [0.1, 0.15) is 12.4 Å². The number of amides is 1. The SMILES string of the molecule is CCOC(=O)Cn1c(=NC(=O)CCSc2ccccc2)sc2cc(F)cc(F)c21. The van der Waals surface area contributed by atoms with Crippen molar-refractivity contribution in [2.75, 3.05) is 12.4 Å². The van der Waals surface area contributed by atoms with Crippen molar-refractivity contribution in [2.45, 2.75) is 24.8 Å². The number of ether oxygens (including phenoxy) is 1. The van der Waals surface area contributed by atoms with Gasteiger partial charge in [-0.2, -0.15) is 4.99 Å². The molecule has 0 radical (unpaired) electrons. The van der Waals surface area contributed by atoms with Crippen molar-refractivity contribution in [1.82, 2.24) is 4.57 Å². The van der Waals surface area contributed by atoms with E-state index in [0.29, 0.717) is 5.75 Å². The van der Waals surface area contributed by atoms with Gasteiger partial charge in [0.25, 0.3) is 0 Å². The maximum absolute atomic E-state index is 14.3. The normalized spacial score (nSPS) is 11.8. The van der Waals surface area contributed by atoms with Crippen LogP contribution in [0.1, 0.15) is 13.3 Å². The third-order valence-electron chi connectivity index (χ3n) is 3.84. The molecule has 0 aliphatic rings. The van der Waals surface area contributed by atoms with Crippen LogP contribution in [0.3, 0.4) is 0 Å². The number of thioether (sulfide) groups is 1. The van der Waals surface area contributed by atoms with Gasteiger partial charge in [0.2, 0.25) is 5.91 Å². The average molecular weight is 437 g/mol. The van der Waals surface area contributed by atoms with E-state index in [4.69, 9.17) is 4.74 Å². The van der Waals surface area contributed by atoms with Gasteiger partial charge in [-0.05, 0) is 25.1 Å². The molecular formula is C20H18F2N2O3S2. The summed E-state index contributed by atoms with van der Waals surface area (Å²) >= 11 is 2.47. The van der Waals surface area contributed by atoms with E-state index in [0.717, 1.165) is 28.4 Å². The van der Waals surface area contributed by atoms with Gasteiger partial charge >= 0.3 is 5.97 Å². The number of fused-ring (bicyclic) bond motifs is 1. The molecule has 0 bridgehead atoms. The summed E-state index contributed by atoms with van der Waals surface area (Å²) in [7, 11) is 0. The molecule has 2 aromatic carbocycles. The zero-order valence-electron chi connectivity index (χ0n) is 15.6. The predicted molar refractivity (Wildman–Crippen MR) is 109 cm³/mol. The third-order valence-corrected chi connectivity index (χ3v) is 5.88. The second-order valence-electron chi connectivity index (χ2n) is 5.93. The average Bonchev–Trinajstić information content (AvgIpc) is 2.99. The quantitative estimate of drug-likeness (QED) is 0.412. The Kier molecular flexibility index (Phi) is 7.16. The van der Waals surface area contributed by atoms with Crippen molar-refractivity contribution in [3.8, 4) is 0 Å². The standard InChI is InChI=1S/C20H18F2N2O3S2/c1-2-27-18(26)12-24-19-15(22)10-13(21)11-16(19)29-20(24)23-17(25)8-9-28-14-6-4-3-5-7-14/h3-7,10-11H,2,8-9,12H2,1H3. The lowest BCUT2D eigenvalue weighted by atomic mass is 10.3.